The molecule has 0 atom stereocenters. The highest BCUT2D eigenvalue weighted by Gasteiger charge is 2.34. The standard InChI is InChI=1S/C15H30N2/c1-4-10-16-13-5-7-14(8-6-13)17-11-9-15(2,3)12-17/h13-14,16H,4-12H2,1-3H3. The topological polar surface area (TPSA) is 15.3 Å². The van der Waals surface area contributed by atoms with Crippen LogP contribution in [-0.2, 0) is 0 Å². The molecule has 0 radical (unpaired) electrons. The van der Waals surface area contributed by atoms with Crippen LogP contribution in [-0.4, -0.2) is 36.6 Å². The van der Waals surface area contributed by atoms with E-state index in [1.165, 1.54) is 58.2 Å². The van der Waals surface area contributed by atoms with Crippen molar-refractivity contribution in [3.05, 3.63) is 0 Å². The summed E-state index contributed by atoms with van der Waals surface area (Å²) in [5.74, 6) is 0. The Bertz CT molecular complexity index is 229. The fourth-order valence-electron chi connectivity index (χ4n) is 3.46. The van der Waals surface area contributed by atoms with Crippen molar-refractivity contribution in [2.45, 2.75) is 71.4 Å². The first kappa shape index (κ1) is 13.4. The third-order valence-corrected chi connectivity index (χ3v) is 4.60. The fourth-order valence-corrected chi connectivity index (χ4v) is 3.46. The van der Waals surface area contributed by atoms with Crippen molar-refractivity contribution < 1.29 is 0 Å². The van der Waals surface area contributed by atoms with Gasteiger partial charge in [0, 0.05) is 18.6 Å². The quantitative estimate of drug-likeness (QED) is 0.810. The van der Waals surface area contributed by atoms with Crippen molar-refractivity contribution in [2.24, 2.45) is 5.41 Å². The molecule has 0 aromatic carbocycles. The van der Waals surface area contributed by atoms with E-state index in [9.17, 15) is 0 Å². The molecule has 2 nitrogen and oxygen atoms in total. The Balaban J connectivity index is 1.72. The number of likely N-dealkylation sites (tertiary alicyclic amines) is 1. The first-order valence-corrected chi connectivity index (χ1v) is 7.58. The number of hydrogen-bond acceptors (Lipinski definition) is 2. The Kier molecular flexibility index (Phi) is 4.48. The molecular formula is C15H30N2. The first-order chi connectivity index (χ1) is 8.11. The van der Waals surface area contributed by atoms with Gasteiger partial charge in [-0.25, -0.2) is 0 Å². The summed E-state index contributed by atoms with van der Waals surface area (Å²) in [6.07, 6.45) is 8.26. The Morgan fingerprint density at radius 3 is 2.41 bits per heavy atom. The summed E-state index contributed by atoms with van der Waals surface area (Å²) in [6, 6.07) is 1.69. The molecule has 0 aromatic heterocycles. The molecule has 100 valence electrons. The smallest absolute Gasteiger partial charge is 0.00966 e. The van der Waals surface area contributed by atoms with E-state index in [-0.39, 0.29) is 0 Å². The van der Waals surface area contributed by atoms with Crippen LogP contribution < -0.4 is 5.32 Å². The molecule has 0 spiro atoms. The van der Waals surface area contributed by atoms with E-state index in [4.69, 9.17) is 0 Å². The second-order valence-electron chi connectivity index (χ2n) is 6.84. The van der Waals surface area contributed by atoms with Gasteiger partial charge in [-0.3, -0.25) is 4.90 Å². The van der Waals surface area contributed by atoms with Crippen LogP contribution in [0.15, 0.2) is 0 Å². The largest absolute Gasteiger partial charge is 0.314 e. The predicted molar refractivity (Wildman–Crippen MR) is 74.3 cm³/mol. The zero-order valence-corrected chi connectivity index (χ0v) is 12.0. The van der Waals surface area contributed by atoms with Crippen LogP contribution >= 0.6 is 0 Å². The fraction of sp³-hybridized carbons (Fsp3) is 1.00. The van der Waals surface area contributed by atoms with Crippen LogP contribution in [0.5, 0.6) is 0 Å². The molecule has 0 amide bonds. The van der Waals surface area contributed by atoms with Crippen molar-refractivity contribution in [3.8, 4) is 0 Å². The summed E-state index contributed by atoms with van der Waals surface area (Å²) < 4.78 is 0. The van der Waals surface area contributed by atoms with Gasteiger partial charge < -0.3 is 5.32 Å². The van der Waals surface area contributed by atoms with Gasteiger partial charge in [0.05, 0.1) is 0 Å². The molecule has 0 bridgehead atoms. The normalized spacial score (nSPS) is 34.1. The summed E-state index contributed by atoms with van der Waals surface area (Å²) >= 11 is 0. The van der Waals surface area contributed by atoms with Gasteiger partial charge in [-0.15, -0.1) is 0 Å². The molecule has 1 aliphatic carbocycles. The minimum Gasteiger partial charge on any atom is -0.314 e. The van der Waals surface area contributed by atoms with Crippen molar-refractivity contribution in [3.63, 3.8) is 0 Å². The second kappa shape index (κ2) is 5.71. The Hall–Kier alpha value is -0.0800. The molecule has 0 unspecified atom stereocenters. The summed E-state index contributed by atoms with van der Waals surface area (Å²) in [6.45, 7) is 11.0. The van der Waals surface area contributed by atoms with Gasteiger partial charge in [0.1, 0.15) is 0 Å². The van der Waals surface area contributed by atoms with Gasteiger partial charge in [-0.05, 0) is 57.0 Å². The van der Waals surface area contributed by atoms with E-state index in [0.29, 0.717) is 5.41 Å². The number of hydrogen-bond donors (Lipinski definition) is 1. The van der Waals surface area contributed by atoms with Gasteiger partial charge >= 0.3 is 0 Å². The lowest BCUT2D eigenvalue weighted by molar-refractivity contribution is 0.160. The second-order valence-corrected chi connectivity index (χ2v) is 6.84. The first-order valence-electron chi connectivity index (χ1n) is 7.58. The number of nitrogens with one attached hydrogen (secondary N) is 1. The van der Waals surface area contributed by atoms with Gasteiger partial charge in [0.25, 0.3) is 0 Å². The molecule has 0 aromatic rings. The van der Waals surface area contributed by atoms with E-state index >= 15 is 0 Å². The minimum absolute atomic E-state index is 0.567. The van der Waals surface area contributed by atoms with Crippen LogP contribution in [0.4, 0.5) is 0 Å². The molecule has 2 fully saturated rings. The van der Waals surface area contributed by atoms with Crippen LogP contribution in [0, 0.1) is 5.41 Å². The van der Waals surface area contributed by atoms with Crippen molar-refractivity contribution in [2.75, 3.05) is 19.6 Å². The zero-order chi connectivity index (χ0) is 12.3. The summed E-state index contributed by atoms with van der Waals surface area (Å²) in [5.41, 5.74) is 0.567. The lowest BCUT2D eigenvalue weighted by Crippen LogP contribution is -2.42. The average molecular weight is 238 g/mol. The summed E-state index contributed by atoms with van der Waals surface area (Å²) in [5, 5.41) is 3.68. The average Bonchev–Trinajstić information content (AvgIpc) is 2.68. The maximum atomic E-state index is 3.68. The van der Waals surface area contributed by atoms with Crippen molar-refractivity contribution in [1.29, 1.82) is 0 Å². The maximum absolute atomic E-state index is 3.68. The van der Waals surface area contributed by atoms with E-state index in [1.807, 2.05) is 0 Å². The third-order valence-electron chi connectivity index (χ3n) is 4.60. The molecule has 1 saturated carbocycles. The van der Waals surface area contributed by atoms with Gasteiger partial charge in [-0.2, -0.15) is 0 Å². The molecule has 1 N–H and O–H groups in total. The zero-order valence-electron chi connectivity index (χ0n) is 12.0. The maximum Gasteiger partial charge on any atom is 0.00966 e. The van der Waals surface area contributed by atoms with Crippen LogP contribution in [0.3, 0.4) is 0 Å². The molecule has 2 rings (SSSR count). The predicted octanol–water partition coefficient (Wildman–Crippen LogP) is 3.03. The van der Waals surface area contributed by atoms with Crippen LogP contribution in [0.2, 0.25) is 0 Å². The van der Waals surface area contributed by atoms with E-state index in [1.54, 1.807) is 0 Å². The van der Waals surface area contributed by atoms with Crippen LogP contribution in [0.1, 0.15) is 59.3 Å². The molecule has 1 heterocycles. The lowest BCUT2D eigenvalue weighted by Gasteiger charge is -2.35. The molecule has 17 heavy (non-hydrogen) atoms. The molecular weight excluding hydrogens is 208 g/mol. The van der Waals surface area contributed by atoms with E-state index in [2.05, 4.69) is 31.0 Å². The Morgan fingerprint density at radius 2 is 1.88 bits per heavy atom. The Morgan fingerprint density at radius 1 is 1.18 bits per heavy atom. The molecule has 1 saturated heterocycles. The van der Waals surface area contributed by atoms with Crippen LogP contribution in [0.25, 0.3) is 0 Å². The summed E-state index contributed by atoms with van der Waals surface area (Å²) in [7, 11) is 0. The summed E-state index contributed by atoms with van der Waals surface area (Å²) in [4.78, 5) is 2.76. The van der Waals surface area contributed by atoms with Gasteiger partial charge in [-0.1, -0.05) is 20.8 Å². The van der Waals surface area contributed by atoms with Crippen molar-refractivity contribution >= 4 is 0 Å². The monoisotopic (exact) mass is 238 g/mol. The highest BCUT2D eigenvalue weighted by molar-refractivity contribution is 4.90. The molecule has 2 aliphatic rings. The van der Waals surface area contributed by atoms with E-state index in [0.717, 1.165) is 12.1 Å². The minimum atomic E-state index is 0.567. The Labute approximate surface area is 107 Å². The highest BCUT2D eigenvalue weighted by Crippen LogP contribution is 2.34. The van der Waals surface area contributed by atoms with Crippen molar-refractivity contribution in [1.82, 2.24) is 10.2 Å². The third kappa shape index (κ3) is 3.69. The molecule has 1 aliphatic heterocycles. The van der Waals surface area contributed by atoms with Gasteiger partial charge in [0.15, 0.2) is 0 Å². The number of rotatable bonds is 4. The lowest BCUT2D eigenvalue weighted by atomic mass is 9.89. The molecule has 2 heteroatoms. The number of nitrogens with zero attached hydrogens (tertiary/aromatic N) is 1. The highest BCUT2D eigenvalue weighted by atomic mass is 15.2. The van der Waals surface area contributed by atoms with Gasteiger partial charge in [0.2, 0.25) is 0 Å². The SMILES string of the molecule is CCCNC1CCC(N2CCC(C)(C)C2)CC1. The van der Waals surface area contributed by atoms with E-state index < -0.39 is 0 Å².